The molecule has 2 nitrogen and oxygen atoms in total. The summed E-state index contributed by atoms with van der Waals surface area (Å²) < 4.78 is 0. The maximum absolute atomic E-state index is 11.6. The van der Waals surface area contributed by atoms with E-state index in [0.717, 1.165) is 5.69 Å². The van der Waals surface area contributed by atoms with E-state index in [4.69, 9.17) is 0 Å². The molecule has 0 saturated carbocycles. The fourth-order valence-electron chi connectivity index (χ4n) is 1.14. The first-order valence-corrected chi connectivity index (χ1v) is 4.88. The van der Waals surface area contributed by atoms with E-state index in [1.54, 1.807) is 24.1 Å². The normalized spacial score (nSPS) is 11.1. The second-order valence-corrected chi connectivity index (χ2v) is 3.12. The van der Waals surface area contributed by atoms with Gasteiger partial charge in [0.05, 0.1) is 0 Å². The summed E-state index contributed by atoms with van der Waals surface area (Å²) in [5.74, 6) is -0.0284. The van der Waals surface area contributed by atoms with Crippen molar-refractivity contribution in [1.82, 2.24) is 0 Å². The highest BCUT2D eigenvalue weighted by Crippen LogP contribution is 2.11. The zero-order valence-corrected chi connectivity index (χ0v) is 9.05. The predicted molar refractivity (Wildman–Crippen MR) is 63.8 cm³/mol. The third kappa shape index (κ3) is 3.43. The first-order valence-electron chi connectivity index (χ1n) is 4.88. The van der Waals surface area contributed by atoms with Gasteiger partial charge in [0.25, 0.3) is 5.91 Å². The SMILES string of the molecule is C/C=C/C=C\C(=O)N(C)c1ccccc1. The highest BCUT2D eigenvalue weighted by atomic mass is 16.2. The summed E-state index contributed by atoms with van der Waals surface area (Å²) in [4.78, 5) is 13.2. The van der Waals surface area contributed by atoms with Gasteiger partial charge >= 0.3 is 0 Å². The minimum Gasteiger partial charge on any atom is -0.312 e. The molecular weight excluding hydrogens is 186 g/mol. The van der Waals surface area contributed by atoms with E-state index >= 15 is 0 Å². The maximum atomic E-state index is 11.6. The molecule has 0 atom stereocenters. The van der Waals surface area contributed by atoms with Crippen LogP contribution in [0.15, 0.2) is 54.6 Å². The molecule has 1 aromatic rings. The third-order valence-electron chi connectivity index (χ3n) is 2.02. The number of nitrogens with zero attached hydrogens (tertiary/aromatic N) is 1. The molecule has 1 rings (SSSR count). The number of allylic oxidation sites excluding steroid dienone is 3. The highest BCUT2D eigenvalue weighted by molar-refractivity contribution is 6.01. The van der Waals surface area contributed by atoms with Crippen molar-refractivity contribution < 1.29 is 4.79 Å². The lowest BCUT2D eigenvalue weighted by Gasteiger charge is -2.14. The molecule has 0 aliphatic carbocycles. The molecule has 2 heteroatoms. The largest absolute Gasteiger partial charge is 0.312 e. The van der Waals surface area contributed by atoms with E-state index in [1.165, 1.54) is 0 Å². The number of anilines is 1. The number of hydrogen-bond donors (Lipinski definition) is 0. The van der Waals surface area contributed by atoms with Gasteiger partial charge in [0.15, 0.2) is 0 Å². The number of carbonyl (C=O) groups excluding carboxylic acids is 1. The van der Waals surface area contributed by atoms with Crippen molar-refractivity contribution in [1.29, 1.82) is 0 Å². The number of hydrogen-bond acceptors (Lipinski definition) is 1. The molecule has 0 aliphatic rings. The molecule has 1 aromatic carbocycles. The fraction of sp³-hybridized carbons (Fsp3) is 0.154. The summed E-state index contributed by atoms with van der Waals surface area (Å²) in [5, 5.41) is 0. The highest BCUT2D eigenvalue weighted by Gasteiger charge is 2.05. The second-order valence-electron chi connectivity index (χ2n) is 3.12. The van der Waals surface area contributed by atoms with E-state index in [9.17, 15) is 4.79 Å². The quantitative estimate of drug-likeness (QED) is 0.544. The summed E-state index contributed by atoms with van der Waals surface area (Å²) >= 11 is 0. The molecule has 0 spiro atoms. The van der Waals surface area contributed by atoms with Crippen LogP contribution in [0.2, 0.25) is 0 Å². The zero-order valence-electron chi connectivity index (χ0n) is 9.05. The second kappa shape index (κ2) is 5.81. The number of likely N-dealkylation sites (N-methyl/N-ethyl adjacent to an activating group) is 1. The van der Waals surface area contributed by atoms with E-state index in [0.29, 0.717) is 0 Å². The van der Waals surface area contributed by atoms with Crippen molar-refractivity contribution in [2.45, 2.75) is 6.92 Å². The monoisotopic (exact) mass is 201 g/mol. The lowest BCUT2D eigenvalue weighted by Crippen LogP contribution is -2.23. The molecule has 0 N–H and O–H groups in total. The van der Waals surface area contributed by atoms with Crippen molar-refractivity contribution in [2.24, 2.45) is 0 Å². The lowest BCUT2D eigenvalue weighted by molar-refractivity contribution is -0.113. The van der Waals surface area contributed by atoms with Crippen LogP contribution in [-0.2, 0) is 4.79 Å². The molecule has 0 heterocycles. The van der Waals surface area contributed by atoms with Gasteiger partial charge in [-0.1, -0.05) is 36.4 Å². The summed E-state index contributed by atoms with van der Waals surface area (Å²) in [5.41, 5.74) is 0.896. The molecule has 0 radical (unpaired) electrons. The molecule has 0 aromatic heterocycles. The van der Waals surface area contributed by atoms with Crippen LogP contribution in [0.5, 0.6) is 0 Å². The molecule has 1 amide bonds. The zero-order chi connectivity index (χ0) is 11.1. The van der Waals surface area contributed by atoms with E-state index in [-0.39, 0.29) is 5.91 Å². The van der Waals surface area contributed by atoms with Gasteiger partial charge < -0.3 is 4.90 Å². The Kier molecular flexibility index (Phi) is 4.35. The van der Waals surface area contributed by atoms with Crippen LogP contribution in [0.25, 0.3) is 0 Å². The van der Waals surface area contributed by atoms with E-state index in [1.807, 2.05) is 49.4 Å². The third-order valence-corrected chi connectivity index (χ3v) is 2.02. The Hall–Kier alpha value is -1.83. The Morgan fingerprint density at radius 3 is 2.47 bits per heavy atom. The van der Waals surface area contributed by atoms with Crippen LogP contribution in [-0.4, -0.2) is 13.0 Å². The van der Waals surface area contributed by atoms with Crippen LogP contribution in [0, 0.1) is 0 Å². The molecular formula is C13H15NO. The standard InChI is InChI=1S/C13H15NO/c1-3-4-6-11-13(15)14(2)12-9-7-5-8-10-12/h3-11H,1-2H3/b4-3+,11-6-. The van der Waals surface area contributed by atoms with Crippen LogP contribution < -0.4 is 4.90 Å². The molecule has 0 fully saturated rings. The molecule has 78 valence electrons. The van der Waals surface area contributed by atoms with Crippen molar-refractivity contribution in [3.05, 3.63) is 54.6 Å². The van der Waals surface area contributed by atoms with Crippen LogP contribution in [0.3, 0.4) is 0 Å². The fourth-order valence-corrected chi connectivity index (χ4v) is 1.14. The van der Waals surface area contributed by atoms with Crippen LogP contribution >= 0.6 is 0 Å². The Balaban J connectivity index is 2.69. The first-order chi connectivity index (χ1) is 7.25. The van der Waals surface area contributed by atoms with E-state index < -0.39 is 0 Å². The Morgan fingerprint density at radius 1 is 1.20 bits per heavy atom. The van der Waals surface area contributed by atoms with Crippen molar-refractivity contribution in [2.75, 3.05) is 11.9 Å². The van der Waals surface area contributed by atoms with Crippen molar-refractivity contribution >= 4 is 11.6 Å². The van der Waals surface area contributed by atoms with Gasteiger partial charge in [-0.25, -0.2) is 0 Å². The van der Waals surface area contributed by atoms with Gasteiger partial charge in [0, 0.05) is 18.8 Å². The molecule has 15 heavy (non-hydrogen) atoms. The van der Waals surface area contributed by atoms with Crippen molar-refractivity contribution in [3.63, 3.8) is 0 Å². The average Bonchev–Trinajstić information content (AvgIpc) is 2.29. The van der Waals surface area contributed by atoms with E-state index in [2.05, 4.69) is 0 Å². The van der Waals surface area contributed by atoms with Gasteiger partial charge in [-0.2, -0.15) is 0 Å². The van der Waals surface area contributed by atoms with Gasteiger partial charge in [0.1, 0.15) is 0 Å². The summed E-state index contributed by atoms with van der Waals surface area (Å²) in [6, 6.07) is 9.56. The summed E-state index contributed by atoms with van der Waals surface area (Å²) in [6.45, 7) is 1.91. The molecule has 0 aliphatic heterocycles. The smallest absolute Gasteiger partial charge is 0.250 e. The Morgan fingerprint density at radius 2 is 1.87 bits per heavy atom. The average molecular weight is 201 g/mol. The first kappa shape index (κ1) is 11.2. The van der Waals surface area contributed by atoms with Crippen LogP contribution in [0.1, 0.15) is 6.92 Å². The molecule has 0 unspecified atom stereocenters. The molecule has 0 bridgehead atoms. The number of benzene rings is 1. The Bertz CT molecular complexity index is 365. The van der Waals surface area contributed by atoms with Gasteiger partial charge in [-0.3, -0.25) is 4.79 Å². The minimum absolute atomic E-state index is 0.0284. The summed E-state index contributed by atoms with van der Waals surface area (Å²) in [7, 11) is 1.76. The topological polar surface area (TPSA) is 20.3 Å². The maximum Gasteiger partial charge on any atom is 0.250 e. The number of amides is 1. The van der Waals surface area contributed by atoms with Crippen LogP contribution in [0.4, 0.5) is 5.69 Å². The summed E-state index contributed by atoms with van der Waals surface area (Å²) in [6.07, 6.45) is 7.00. The van der Waals surface area contributed by atoms with Crippen molar-refractivity contribution in [3.8, 4) is 0 Å². The lowest BCUT2D eigenvalue weighted by atomic mass is 10.3. The molecule has 0 saturated heterocycles. The minimum atomic E-state index is -0.0284. The predicted octanol–water partition coefficient (Wildman–Crippen LogP) is 2.78. The van der Waals surface area contributed by atoms with Gasteiger partial charge in [0.2, 0.25) is 0 Å². The number of rotatable bonds is 3. The number of carbonyl (C=O) groups is 1. The Labute approximate surface area is 90.5 Å². The number of para-hydroxylation sites is 1. The van der Waals surface area contributed by atoms with Gasteiger partial charge in [-0.05, 0) is 19.1 Å². The van der Waals surface area contributed by atoms with Gasteiger partial charge in [-0.15, -0.1) is 0 Å².